The Bertz CT molecular complexity index is 621. The van der Waals surface area contributed by atoms with Crippen LogP contribution in [0.1, 0.15) is 29.7 Å². The molecule has 22 heavy (non-hydrogen) atoms. The molecule has 0 bridgehead atoms. The highest BCUT2D eigenvalue weighted by Gasteiger charge is 2.26. The number of nitrogens with zero attached hydrogens (tertiary/aromatic N) is 3. The standard InChI is InChI=1S/C16H19N3O3/c1-12-17-18-16(22-12)14(13-5-3-2-4-6-13)11-15(20)19-7-9-21-10-8-19/h2-6,14H,7-11H2,1H3. The Morgan fingerprint density at radius 2 is 1.95 bits per heavy atom. The van der Waals surface area contributed by atoms with E-state index in [1.807, 2.05) is 35.2 Å². The van der Waals surface area contributed by atoms with Crippen molar-refractivity contribution in [2.45, 2.75) is 19.3 Å². The van der Waals surface area contributed by atoms with E-state index in [1.54, 1.807) is 6.92 Å². The molecule has 1 saturated heterocycles. The smallest absolute Gasteiger partial charge is 0.224 e. The van der Waals surface area contributed by atoms with Gasteiger partial charge >= 0.3 is 0 Å². The van der Waals surface area contributed by atoms with Gasteiger partial charge in [-0.2, -0.15) is 0 Å². The maximum absolute atomic E-state index is 12.5. The largest absolute Gasteiger partial charge is 0.425 e. The molecule has 0 N–H and O–H groups in total. The predicted octanol–water partition coefficient (Wildman–Crippen LogP) is 1.76. The van der Waals surface area contributed by atoms with Crippen LogP contribution in [0.4, 0.5) is 0 Å². The highest BCUT2D eigenvalue weighted by molar-refractivity contribution is 5.77. The van der Waals surface area contributed by atoms with E-state index < -0.39 is 0 Å². The summed E-state index contributed by atoms with van der Waals surface area (Å²) in [6, 6.07) is 9.81. The molecule has 6 heteroatoms. The zero-order valence-electron chi connectivity index (χ0n) is 12.6. The normalized spacial score (nSPS) is 16.5. The maximum atomic E-state index is 12.5. The zero-order valence-corrected chi connectivity index (χ0v) is 12.6. The summed E-state index contributed by atoms with van der Waals surface area (Å²) in [4.78, 5) is 14.4. The monoisotopic (exact) mass is 301 g/mol. The van der Waals surface area contributed by atoms with Gasteiger partial charge in [0.1, 0.15) is 0 Å². The van der Waals surface area contributed by atoms with Crippen LogP contribution in [-0.4, -0.2) is 47.3 Å². The third kappa shape index (κ3) is 3.33. The van der Waals surface area contributed by atoms with Crippen LogP contribution in [0.3, 0.4) is 0 Å². The van der Waals surface area contributed by atoms with Crippen molar-refractivity contribution < 1.29 is 13.9 Å². The Labute approximate surface area is 129 Å². The second kappa shape index (κ2) is 6.70. The molecule has 1 aromatic carbocycles. The average molecular weight is 301 g/mol. The van der Waals surface area contributed by atoms with Crippen LogP contribution < -0.4 is 0 Å². The molecule has 1 aliphatic heterocycles. The summed E-state index contributed by atoms with van der Waals surface area (Å²) in [6.07, 6.45) is 0.325. The number of carbonyl (C=O) groups excluding carboxylic acids is 1. The number of morpholine rings is 1. The van der Waals surface area contributed by atoms with E-state index in [0.717, 1.165) is 5.56 Å². The van der Waals surface area contributed by atoms with Gasteiger partial charge in [0, 0.05) is 26.4 Å². The van der Waals surface area contributed by atoms with Gasteiger partial charge in [0.2, 0.25) is 17.7 Å². The van der Waals surface area contributed by atoms with Crippen molar-refractivity contribution in [1.29, 1.82) is 0 Å². The first kappa shape index (κ1) is 14.7. The van der Waals surface area contributed by atoms with Crippen molar-refractivity contribution in [3.8, 4) is 0 Å². The van der Waals surface area contributed by atoms with E-state index in [4.69, 9.17) is 9.15 Å². The molecule has 116 valence electrons. The van der Waals surface area contributed by atoms with Crippen molar-refractivity contribution >= 4 is 5.91 Å². The van der Waals surface area contributed by atoms with Crippen molar-refractivity contribution in [3.05, 3.63) is 47.7 Å². The van der Waals surface area contributed by atoms with Crippen LogP contribution in [0.25, 0.3) is 0 Å². The molecule has 0 radical (unpaired) electrons. The number of amides is 1. The van der Waals surface area contributed by atoms with Crippen LogP contribution in [-0.2, 0) is 9.53 Å². The van der Waals surface area contributed by atoms with Crippen LogP contribution in [0, 0.1) is 6.92 Å². The van der Waals surface area contributed by atoms with Crippen LogP contribution in [0.15, 0.2) is 34.7 Å². The van der Waals surface area contributed by atoms with Crippen molar-refractivity contribution in [1.82, 2.24) is 15.1 Å². The van der Waals surface area contributed by atoms with Gasteiger partial charge in [0.25, 0.3) is 0 Å². The minimum absolute atomic E-state index is 0.0907. The van der Waals surface area contributed by atoms with Gasteiger partial charge in [0.05, 0.1) is 19.1 Å². The molecule has 1 atom stereocenters. The summed E-state index contributed by atoms with van der Waals surface area (Å²) in [5.41, 5.74) is 1.01. The average Bonchev–Trinajstić information content (AvgIpc) is 3.00. The van der Waals surface area contributed by atoms with Crippen molar-refractivity contribution in [2.75, 3.05) is 26.3 Å². The molecule has 1 amide bonds. The quantitative estimate of drug-likeness (QED) is 0.860. The van der Waals surface area contributed by atoms with Crippen molar-refractivity contribution in [3.63, 3.8) is 0 Å². The highest BCUT2D eigenvalue weighted by Crippen LogP contribution is 2.27. The Balaban J connectivity index is 1.81. The van der Waals surface area contributed by atoms with E-state index >= 15 is 0 Å². The number of aromatic nitrogens is 2. The Hall–Kier alpha value is -2.21. The molecule has 6 nitrogen and oxygen atoms in total. The van der Waals surface area contributed by atoms with E-state index in [9.17, 15) is 4.79 Å². The molecule has 0 saturated carbocycles. The zero-order chi connectivity index (χ0) is 15.4. The first-order valence-corrected chi connectivity index (χ1v) is 7.44. The molecule has 3 rings (SSSR count). The van der Waals surface area contributed by atoms with E-state index in [0.29, 0.717) is 44.5 Å². The Morgan fingerprint density at radius 3 is 2.59 bits per heavy atom. The van der Waals surface area contributed by atoms with Gasteiger partial charge in [-0.3, -0.25) is 4.79 Å². The molecule has 1 fully saturated rings. The molecule has 0 aliphatic carbocycles. The summed E-state index contributed by atoms with van der Waals surface area (Å²) >= 11 is 0. The van der Waals surface area contributed by atoms with Crippen LogP contribution in [0.2, 0.25) is 0 Å². The number of benzene rings is 1. The fourth-order valence-electron chi connectivity index (χ4n) is 2.60. The highest BCUT2D eigenvalue weighted by atomic mass is 16.5. The van der Waals surface area contributed by atoms with E-state index in [1.165, 1.54) is 0 Å². The van der Waals surface area contributed by atoms with Crippen molar-refractivity contribution in [2.24, 2.45) is 0 Å². The molecular weight excluding hydrogens is 282 g/mol. The summed E-state index contributed by atoms with van der Waals surface area (Å²) in [7, 11) is 0. The maximum Gasteiger partial charge on any atom is 0.224 e. The molecule has 2 aromatic rings. The molecular formula is C16H19N3O3. The van der Waals surface area contributed by atoms with Gasteiger partial charge in [-0.25, -0.2) is 0 Å². The minimum Gasteiger partial charge on any atom is -0.425 e. The van der Waals surface area contributed by atoms with Gasteiger partial charge in [-0.15, -0.1) is 10.2 Å². The number of ether oxygens (including phenoxy) is 1. The van der Waals surface area contributed by atoms with Gasteiger partial charge in [0.15, 0.2) is 0 Å². The third-order valence-electron chi connectivity index (χ3n) is 3.78. The molecule has 2 heterocycles. The van der Waals surface area contributed by atoms with E-state index in [-0.39, 0.29) is 11.8 Å². The fourth-order valence-corrected chi connectivity index (χ4v) is 2.60. The Kier molecular flexibility index (Phi) is 4.48. The minimum atomic E-state index is -0.210. The van der Waals surface area contributed by atoms with Gasteiger partial charge in [-0.05, 0) is 5.56 Å². The van der Waals surface area contributed by atoms with Gasteiger partial charge < -0.3 is 14.1 Å². The predicted molar refractivity (Wildman–Crippen MR) is 79.3 cm³/mol. The topological polar surface area (TPSA) is 68.5 Å². The van der Waals surface area contributed by atoms with Crippen LogP contribution >= 0.6 is 0 Å². The Morgan fingerprint density at radius 1 is 1.23 bits per heavy atom. The fraction of sp³-hybridized carbons (Fsp3) is 0.438. The number of aryl methyl sites for hydroxylation is 1. The number of carbonyl (C=O) groups is 1. The van der Waals surface area contributed by atoms with Crippen LogP contribution in [0.5, 0.6) is 0 Å². The first-order chi connectivity index (χ1) is 10.7. The molecule has 0 spiro atoms. The lowest BCUT2D eigenvalue weighted by atomic mass is 9.95. The molecule has 1 unspecified atom stereocenters. The summed E-state index contributed by atoms with van der Waals surface area (Å²) in [5.74, 6) is 0.880. The lowest BCUT2D eigenvalue weighted by Crippen LogP contribution is -2.41. The second-order valence-electron chi connectivity index (χ2n) is 5.32. The number of hydrogen-bond donors (Lipinski definition) is 0. The third-order valence-corrected chi connectivity index (χ3v) is 3.78. The molecule has 1 aromatic heterocycles. The SMILES string of the molecule is Cc1nnc(C(CC(=O)N2CCOCC2)c2ccccc2)o1. The first-order valence-electron chi connectivity index (χ1n) is 7.44. The lowest BCUT2D eigenvalue weighted by Gasteiger charge is -2.28. The summed E-state index contributed by atoms with van der Waals surface area (Å²) in [5, 5.41) is 8.00. The molecule has 1 aliphatic rings. The number of rotatable bonds is 4. The lowest BCUT2D eigenvalue weighted by molar-refractivity contribution is -0.135. The van der Waals surface area contributed by atoms with Gasteiger partial charge in [-0.1, -0.05) is 30.3 Å². The second-order valence-corrected chi connectivity index (χ2v) is 5.32. The number of hydrogen-bond acceptors (Lipinski definition) is 5. The van der Waals surface area contributed by atoms with E-state index in [2.05, 4.69) is 10.2 Å². The summed E-state index contributed by atoms with van der Waals surface area (Å²) < 4.78 is 10.9. The summed E-state index contributed by atoms with van der Waals surface area (Å²) in [6.45, 7) is 4.23.